The number of benzene rings is 1. The van der Waals surface area contributed by atoms with Crippen LogP contribution in [0, 0.1) is 5.92 Å². The second kappa shape index (κ2) is 13.1. The SMILES string of the molecule is CCCCCCC(CCCCC)C(=O)[C@@H](c1ccccc1)N(C)CC. The second-order valence-electron chi connectivity index (χ2n) is 7.33. The van der Waals surface area contributed by atoms with Crippen LogP contribution in [0.3, 0.4) is 0 Å². The standard InChI is InChI=1S/C23H39NO/c1-5-8-10-13-19-21(18-12-9-6-2)23(25)22(24(4)7-3)20-16-14-11-15-17-20/h11,14-17,21-22H,5-10,12-13,18-19H2,1-4H3/t21?,22-/m1/s1. The summed E-state index contributed by atoms with van der Waals surface area (Å²) in [6.07, 6.45) is 10.7. The van der Waals surface area contributed by atoms with E-state index in [9.17, 15) is 4.79 Å². The smallest absolute Gasteiger partial charge is 0.157 e. The largest absolute Gasteiger partial charge is 0.297 e. The molecule has 2 atom stereocenters. The van der Waals surface area contributed by atoms with Crippen molar-refractivity contribution >= 4 is 5.78 Å². The van der Waals surface area contributed by atoms with Crippen LogP contribution in [0.15, 0.2) is 30.3 Å². The van der Waals surface area contributed by atoms with Crippen molar-refractivity contribution in [3.05, 3.63) is 35.9 Å². The number of ketones is 1. The van der Waals surface area contributed by atoms with Gasteiger partial charge in [0, 0.05) is 5.92 Å². The predicted octanol–water partition coefficient (Wildman–Crippen LogP) is 6.42. The van der Waals surface area contributed by atoms with Crippen LogP contribution in [0.4, 0.5) is 0 Å². The Morgan fingerprint density at radius 2 is 1.44 bits per heavy atom. The fourth-order valence-corrected chi connectivity index (χ4v) is 3.56. The molecule has 0 N–H and O–H groups in total. The van der Waals surface area contributed by atoms with E-state index in [-0.39, 0.29) is 12.0 Å². The van der Waals surface area contributed by atoms with Gasteiger partial charge in [-0.2, -0.15) is 0 Å². The van der Waals surface area contributed by atoms with Gasteiger partial charge in [0.05, 0.1) is 6.04 Å². The summed E-state index contributed by atoms with van der Waals surface area (Å²) in [5.74, 6) is 0.644. The molecule has 0 saturated heterocycles. The van der Waals surface area contributed by atoms with Crippen LogP contribution >= 0.6 is 0 Å². The van der Waals surface area contributed by atoms with Crippen LogP contribution < -0.4 is 0 Å². The van der Waals surface area contributed by atoms with E-state index < -0.39 is 0 Å². The molecule has 0 aromatic heterocycles. The van der Waals surface area contributed by atoms with Gasteiger partial charge in [-0.25, -0.2) is 0 Å². The molecule has 0 aliphatic rings. The number of likely N-dealkylation sites (N-methyl/N-ethyl adjacent to an activating group) is 1. The fourth-order valence-electron chi connectivity index (χ4n) is 3.56. The van der Waals surface area contributed by atoms with Crippen LogP contribution in [0.25, 0.3) is 0 Å². The van der Waals surface area contributed by atoms with Crippen molar-refractivity contribution in [3.63, 3.8) is 0 Å². The van der Waals surface area contributed by atoms with Crippen molar-refractivity contribution in [1.29, 1.82) is 0 Å². The summed E-state index contributed by atoms with van der Waals surface area (Å²) in [5, 5.41) is 0. The summed E-state index contributed by atoms with van der Waals surface area (Å²) < 4.78 is 0. The molecule has 0 radical (unpaired) electrons. The molecule has 0 aliphatic heterocycles. The van der Waals surface area contributed by atoms with Gasteiger partial charge in [-0.3, -0.25) is 9.69 Å². The summed E-state index contributed by atoms with van der Waals surface area (Å²) in [6.45, 7) is 7.50. The first-order valence-corrected chi connectivity index (χ1v) is 10.4. The molecule has 2 nitrogen and oxygen atoms in total. The lowest BCUT2D eigenvalue weighted by Crippen LogP contribution is -2.34. The molecular weight excluding hydrogens is 306 g/mol. The Bertz CT molecular complexity index is 456. The third-order valence-corrected chi connectivity index (χ3v) is 5.29. The van der Waals surface area contributed by atoms with Crippen molar-refractivity contribution in [1.82, 2.24) is 4.90 Å². The van der Waals surface area contributed by atoms with Gasteiger partial charge in [0.1, 0.15) is 0 Å². The van der Waals surface area contributed by atoms with Crippen molar-refractivity contribution in [2.24, 2.45) is 5.92 Å². The molecule has 0 amide bonds. The van der Waals surface area contributed by atoms with Gasteiger partial charge >= 0.3 is 0 Å². The monoisotopic (exact) mass is 345 g/mol. The molecule has 0 fully saturated rings. The Hall–Kier alpha value is -1.15. The molecule has 0 bridgehead atoms. The van der Waals surface area contributed by atoms with Gasteiger partial charge in [-0.05, 0) is 32.0 Å². The first-order valence-electron chi connectivity index (χ1n) is 10.4. The van der Waals surface area contributed by atoms with E-state index in [0.717, 1.165) is 24.9 Å². The Morgan fingerprint density at radius 1 is 0.880 bits per heavy atom. The molecule has 25 heavy (non-hydrogen) atoms. The van der Waals surface area contributed by atoms with Gasteiger partial charge < -0.3 is 0 Å². The summed E-state index contributed by atoms with van der Waals surface area (Å²) in [5.41, 5.74) is 1.14. The van der Waals surface area contributed by atoms with Crippen LogP contribution in [0.5, 0.6) is 0 Å². The molecule has 0 aliphatic carbocycles. The molecule has 2 heteroatoms. The third-order valence-electron chi connectivity index (χ3n) is 5.29. The first kappa shape index (κ1) is 21.9. The maximum Gasteiger partial charge on any atom is 0.157 e. The highest BCUT2D eigenvalue weighted by atomic mass is 16.1. The zero-order valence-corrected chi connectivity index (χ0v) is 17.0. The Kier molecular flexibility index (Phi) is 11.5. The van der Waals surface area contributed by atoms with Crippen LogP contribution in [0.1, 0.15) is 90.2 Å². The molecule has 1 unspecified atom stereocenters. The highest BCUT2D eigenvalue weighted by molar-refractivity contribution is 5.87. The average Bonchev–Trinajstić information content (AvgIpc) is 2.64. The number of hydrogen-bond acceptors (Lipinski definition) is 2. The lowest BCUT2D eigenvalue weighted by Gasteiger charge is -2.30. The Balaban J connectivity index is 2.87. The highest BCUT2D eigenvalue weighted by Gasteiger charge is 2.29. The molecule has 1 rings (SSSR count). The summed E-state index contributed by atoms with van der Waals surface area (Å²) in [7, 11) is 2.08. The second-order valence-corrected chi connectivity index (χ2v) is 7.33. The number of Topliss-reactive ketones (excluding diaryl/α,β-unsaturated/α-hetero) is 1. The van der Waals surface area contributed by atoms with Gasteiger partial charge in [0.2, 0.25) is 0 Å². The van der Waals surface area contributed by atoms with Crippen LogP contribution in [-0.2, 0) is 4.79 Å². The van der Waals surface area contributed by atoms with Crippen molar-refractivity contribution in [3.8, 4) is 0 Å². The van der Waals surface area contributed by atoms with Gasteiger partial charge in [0.25, 0.3) is 0 Å². The Labute approximate surface area is 156 Å². The van der Waals surface area contributed by atoms with E-state index in [1.54, 1.807) is 0 Å². The number of unbranched alkanes of at least 4 members (excludes halogenated alkanes) is 5. The highest BCUT2D eigenvalue weighted by Crippen LogP contribution is 2.29. The molecule has 1 aromatic carbocycles. The normalized spacial score (nSPS) is 13.8. The van der Waals surface area contributed by atoms with E-state index in [0.29, 0.717) is 5.78 Å². The van der Waals surface area contributed by atoms with Crippen LogP contribution in [0.2, 0.25) is 0 Å². The minimum Gasteiger partial charge on any atom is -0.297 e. The molecule has 0 saturated carbocycles. The molecular formula is C23H39NO. The number of hydrogen-bond donors (Lipinski definition) is 0. The lowest BCUT2D eigenvalue weighted by molar-refractivity contribution is -0.128. The van der Waals surface area contributed by atoms with E-state index >= 15 is 0 Å². The Morgan fingerprint density at radius 3 is 2.00 bits per heavy atom. The van der Waals surface area contributed by atoms with Crippen molar-refractivity contribution in [2.45, 2.75) is 84.6 Å². The minimum absolute atomic E-state index is 0.0935. The third kappa shape index (κ3) is 7.73. The zero-order chi connectivity index (χ0) is 18.5. The van der Waals surface area contributed by atoms with Gasteiger partial charge in [-0.15, -0.1) is 0 Å². The number of carbonyl (C=O) groups is 1. The lowest BCUT2D eigenvalue weighted by atomic mass is 9.85. The zero-order valence-electron chi connectivity index (χ0n) is 17.0. The van der Waals surface area contributed by atoms with Gasteiger partial charge in [-0.1, -0.05) is 96.0 Å². The maximum atomic E-state index is 13.5. The summed E-state index contributed by atoms with van der Waals surface area (Å²) in [4.78, 5) is 15.7. The number of nitrogens with zero attached hydrogens (tertiary/aromatic N) is 1. The molecule has 0 heterocycles. The van der Waals surface area contributed by atoms with Crippen molar-refractivity contribution in [2.75, 3.05) is 13.6 Å². The molecule has 142 valence electrons. The summed E-state index contributed by atoms with van der Waals surface area (Å²) >= 11 is 0. The number of rotatable bonds is 14. The molecule has 0 spiro atoms. The van der Waals surface area contributed by atoms with Crippen molar-refractivity contribution < 1.29 is 4.79 Å². The van der Waals surface area contributed by atoms with E-state index in [1.165, 1.54) is 44.9 Å². The van der Waals surface area contributed by atoms with E-state index in [1.807, 2.05) is 18.2 Å². The fraction of sp³-hybridized carbons (Fsp3) is 0.696. The quantitative estimate of drug-likeness (QED) is 0.363. The molecule has 1 aromatic rings. The van der Waals surface area contributed by atoms with E-state index in [4.69, 9.17) is 0 Å². The van der Waals surface area contributed by atoms with Gasteiger partial charge in [0.15, 0.2) is 5.78 Å². The first-order chi connectivity index (χ1) is 12.2. The predicted molar refractivity (Wildman–Crippen MR) is 109 cm³/mol. The van der Waals surface area contributed by atoms with Crippen LogP contribution in [-0.4, -0.2) is 24.3 Å². The number of carbonyl (C=O) groups excluding carboxylic acids is 1. The summed E-state index contributed by atoms with van der Waals surface area (Å²) in [6, 6.07) is 10.2. The van der Waals surface area contributed by atoms with E-state index in [2.05, 4.69) is 44.9 Å². The minimum atomic E-state index is -0.0935. The average molecular weight is 346 g/mol. The maximum absolute atomic E-state index is 13.5. The topological polar surface area (TPSA) is 20.3 Å².